The molecule has 4 nitrogen and oxygen atoms in total. The number of rotatable bonds is 3. The van der Waals surface area contributed by atoms with Crippen molar-refractivity contribution in [3.8, 4) is 0 Å². The van der Waals surface area contributed by atoms with Crippen LogP contribution < -0.4 is 5.32 Å². The highest BCUT2D eigenvalue weighted by Gasteiger charge is 2.28. The number of amides is 1. The third-order valence-electron chi connectivity index (χ3n) is 4.57. The Morgan fingerprint density at radius 2 is 2.00 bits per heavy atom. The van der Waals surface area contributed by atoms with Gasteiger partial charge in [0, 0.05) is 17.0 Å². The number of nitrogens with zero attached hydrogens (tertiary/aromatic N) is 2. The number of aryl methyl sites for hydroxylation is 3. The number of anilines is 1. The molecule has 4 rings (SSSR count). The molecular weight excluding hydrogens is 337 g/mol. The van der Waals surface area contributed by atoms with Crippen LogP contribution in [-0.2, 0) is 0 Å². The van der Waals surface area contributed by atoms with Gasteiger partial charge in [-0.2, -0.15) is 0 Å². The molecule has 1 fully saturated rings. The molecule has 1 aliphatic rings. The zero-order valence-corrected chi connectivity index (χ0v) is 15.1. The highest BCUT2D eigenvalue weighted by molar-refractivity contribution is 7.20. The minimum absolute atomic E-state index is 0.192. The number of benzene rings is 1. The maximum absolute atomic E-state index is 13.2. The number of carbonyl (C=O) groups excluding carboxylic acids is 1. The number of hydrogen-bond acceptors (Lipinski definition) is 4. The van der Waals surface area contributed by atoms with Crippen molar-refractivity contribution >= 4 is 33.1 Å². The normalized spacial score (nSPS) is 14.1. The molecule has 0 saturated heterocycles. The predicted molar refractivity (Wildman–Crippen MR) is 98.0 cm³/mol. The highest BCUT2D eigenvalue weighted by Crippen LogP contribution is 2.40. The summed E-state index contributed by atoms with van der Waals surface area (Å²) in [5, 5.41) is 3.85. The first-order chi connectivity index (χ1) is 11.9. The first-order valence-electron chi connectivity index (χ1n) is 8.29. The van der Waals surface area contributed by atoms with E-state index in [1.165, 1.54) is 23.5 Å². The van der Waals surface area contributed by atoms with Gasteiger partial charge in [-0.25, -0.2) is 14.4 Å². The van der Waals surface area contributed by atoms with Gasteiger partial charge in [-0.1, -0.05) is 0 Å². The Kier molecular flexibility index (Phi) is 3.80. The first-order valence-corrected chi connectivity index (χ1v) is 9.11. The van der Waals surface area contributed by atoms with E-state index in [2.05, 4.69) is 15.3 Å². The molecule has 2 heterocycles. The summed E-state index contributed by atoms with van der Waals surface area (Å²) in [6, 6.07) is 4.34. The van der Waals surface area contributed by atoms with Crippen molar-refractivity contribution in [1.29, 1.82) is 0 Å². The molecule has 1 saturated carbocycles. The van der Waals surface area contributed by atoms with Crippen LogP contribution >= 0.6 is 11.3 Å². The average molecular weight is 355 g/mol. The Bertz CT molecular complexity index is 1010. The van der Waals surface area contributed by atoms with Crippen LogP contribution in [0, 0.1) is 26.6 Å². The molecule has 0 radical (unpaired) electrons. The lowest BCUT2D eigenvalue weighted by Gasteiger charge is -2.08. The summed E-state index contributed by atoms with van der Waals surface area (Å²) in [6.07, 6.45) is 2.29. The SMILES string of the molecule is Cc1cc(F)ccc1NC(=O)c1sc2nc(C3CC3)nc(C)c2c1C. The van der Waals surface area contributed by atoms with Gasteiger partial charge in [0.05, 0.1) is 10.6 Å². The summed E-state index contributed by atoms with van der Waals surface area (Å²) < 4.78 is 13.2. The van der Waals surface area contributed by atoms with E-state index >= 15 is 0 Å². The van der Waals surface area contributed by atoms with E-state index in [4.69, 9.17) is 0 Å². The second-order valence-electron chi connectivity index (χ2n) is 6.59. The number of carbonyl (C=O) groups is 1. The smallest absolute Gasteiger partial charge is 0.266 e. The van der Waals surface area contributed by atoms with Crippen LogP contribution in [0.3, 0.4) is 0 Å². The third-order valence-corrected chi connectivity index (χ3v) is 5.76. The van der Waals surface area contributed by atoms with Crippen molar-refractivity contribution < 1.29 is 9.18 Å². The molecule has 6 heteroatoms. The lowest BCUT2D eigenvalue weighted by molar-refractivity contribution is 0.103. The van der Waals surface area contributed by atoms with Gasteiger partial charge in [-0.3, -0.25) is 4.79 Å². The fourth-order valence-corrected chi connectivity index (χ4v) is 4.18. The summed E-state index contributed by atoms with van der Waals surface area (Å²) in [4.78, 5) is 23.5. The minimum Gasteiger partial charge on any atom is -0.321 e. The molecule has 2 aromatic heterocycles. The van der Waals surface area contributed by atoms with Gasteiger partial charge < -0.3 is 5.32 Å². The molecular formula is C19H18FN3OS. The zero-order valence-electron chi connectivity index (χ0n) is 14.3. The summed E-state index contributed by atoms with van der Waals surface area (Å²) in [5.41, 5.74) is 3.14. The first kappa shape index (κ1) is 16.1. The molecule has 128 valence electrons. The molecule has 0 spiro atoms. The molecule has 1 N–H and O–H groups in total. The highest BCUT2D eigenvalue weighted by atomic mass is 32.1. The number of aromatic nitrogens is 2. The van der Waals surface area contributed by atoms with Crippen molar-refractivity contribution in [1.82, 2.24) is 9.97 Å². The predicted octanol–water partition coefficient (Wildman–Crippen LogP) is 4.89. The maximum Gasteiger partial charge on any atom is 0.266 e. The summed E-state index contributed by atoms with van der Waals surface area (Å²) in [5.74, 6) is 0.867. The minimum atomic E-state index is -0.313. The molecule has 0 atom stereocenters. The van der Waals surface area contributed by atoms with Crippen LogP contribution in [0.5, 0.6) is 0 Å². The van der Waals surface area contributed by atoms with Crippen molar-refractivity contribution in [2.45, 2.75) is 39.5 Å². The van der Waals surface area contributed by atoms with Gasteiger partial charge in [-0.05, 0) is 62.9 Å². The molecule has 3 aromatic rings. The fourth-order valence-electron chi connectivity index (χ4n) is 3.05. The van der Waals surface area contributed by atoms with Crippen molar-refractivity contribution in [3.63, 3.8) is 0 Å². The Hall–Kier alpha value is -2.34. The van der Waals surface area contributed by atoms with Crippen LogP contribution in [0.4, 0.5) is 10.1 Å². The number of nitrogens with one attached hydrogen (secondary N) is 1. The van der Waals surface area contributed by atoms with Gasteiger partial charge in [-0.15, -0.1) is 11.3 Å². The second-order valence-corrected chi connectivity index (χ2v) is 7.59. The second kappa shape index (κ2) is 5.88. The molecule has 25 heavy (non-hydrogen) atoms. The summed E-state index contributed by atoms with van der Waals surface area (Å²) >= 11 is 1.40. The number of thiophene rings is 1. The standard InChI is InChI=1S/C19H18FN3OS/c1-9-8-13(20)6-7-14(9)22-18(24)16-10(2)15-11(3)21-17(12-4-5-12)23-19(15)25-16/h6-8,12H,4-5H2,1-3H3,(H,22,24). The van der Waals surface area contributed by atoms with Gasteiger partial charge >= 0.3 is 0 Å². The molecule has 0 bridgehead atoms. The molecule has 1 amide bonds. The van der Waals surface area contributed by atoms with Gasteiger partial charge in [0.2, 0.25) is 0 Å². The van der Waals surface area contributed by atoms with Crippen molar-refractivity contribution in [3.05, 3.63) is 51.5 Å². The van der Waals surface area contributed by atoms with Gasteiger partial charge in [0.25, 0.3) is 5.91 Å². The Labute approximate surface area is 149 Å². The van der Waals surface area contributed by atoms with Crippen LogP contribution in [0.2, 0.25) is 0 Å². The van der Waals surface area contributed by atoms with E-state index in [1.54, 1.807) is 13.0 Å². The lowest BCUT2D eigenvalue weighted by atomic mass is 10.1. The molecule has 1 aliphatic carbocycles. The quantitative estimate of drug-likeness (QED) is 0.728. The van der Waals surface area contributed by atoms with Crippen LogP contribution in [-0.4, -0.2) is 15.9 Å². The molecule has 0 aliphatic heterocycles. The van der Waals surface area contributed by atoms with E-state index in [9.17, 15) is 9.18 Å². The number of fused-ring (bicyclic) bond motifs is 1. The van der Waals surface area contributed by atoms with Crippen LogP contribution in [0.25, 0.3) is 10.2 Å². The Balaban J connectivity index is 1.71. The van der Waals surface area contributed by atoms with Gasteiger partial charge in [0.15, 0.2) is 0 Å². The maximum atomic E-state index is 13.2. The number of hydrogen-bond donors (Lipinski definition) is 1. The zero-order chi connectivity index (χ0) is 17.7. The summed E-state index contributed by atoms with van der Waals surface area (Å²) in [7, 11) is 0. The fraction of sp³-hybridized carbons (Fsp3) is 0.316. The Morgan fingerprint density at radius 1 is 1.24 bits per heavy atom. The van der Waals surface area contributed by atoms with E-state index in [-0.39, 0.29) is 11.7 Å². The van der Waals surface area contributed by atoms with Gasteiger partial charge in [0.1, 0.15) is 16.5 Å². The van der Waals surface area contributed by atoms with E-state index < -0.39 is 0 Å². The van der Waals surface area contributed by atoms with E-state index in [1.807, 2.05) is 13.8 Å². The van der Waals surface area contributed by atoms with Crippen LogP contribution in [0.15, 0.2) is 18.2 Å². The molecule has 1 aromatic carbocycles. The number of halogens is 1. The summed E-state index contributed by atoms with van der Waals surface area (Å²) in [6.45, 7) is 5.67. The average Bonchev–Trinajstić information content (AvgIpc) is 3.34. The third kappa shape index (κ3) is 2.91. The van der Waals surface area contributed by atoms with Crippen molar-refractivity contribution in [2.75, 3.05) is 5.32 Å². The lowest BCUT2D eigenvalue weighted by Crippen LogP contribution is -2.12. The molecule has 0 unspecified atom stereocenters. The topological polar surface area (TPSA) is 54.9 Å². The van der Waals surface area contributed by atoms with E-state index in [0.717, 1.165) is 40.1 Å². The monoisotopic (exact) mass is 355 g/mol. The van der Waals surface area contributed by atoms with Crippen LogP contribution in [0.1, 0.15) is 51.1 Å². The van der Waals surface area contributed by atoms with E-state index in [0.29, 0.717) is 22.0 Å². The Morgan fingerprint density at radius 3 is 2.68 bits per heavy atom. The largest absolute Gasteiger partial charge is 0.321 e. The van der Waals surface area contributed by atoms with Crippen molar-refractivity contribution in [2.24, 2.45) is 0 Å².